The summed E-state index contributed by atoms with van der Waals surface area (Å²) in [7, 11) is -2.37. The van der Waals surface area contributed by atoms with Crippen molar-refractivity contribution in [3.05, 3.63) is 54.1 Å². The van der Waals surface area contributed by atoms with Crippen molar-refractivity contribution in [3.63, 3.8) is 0 Å². The van der Waals surface area contributed by atoms with Crippen molar-refractivity contribution in [2.45, 2.75) is 50.2 Å². The van der Waals surface area contributed by atoms with Gasteiger partial charge in [-0.1, -0.05) is 32.0 Å². The lowest BCUT2D eigenvalue weighted by Gasteiger charge is -2.36. The number of methoxy groups -OCH3 is 1. The van der Waals surface area contributed by atoms with Gasteiger partial charge in [0.1, 0.15) is 6.17 Å². The first-order valence-corrected chi connectivity index (χ1v) is 13.2. The van der Waals surface area contributed by atoms with Crippen molar-refractivity contribution in [2.75, 3.05) is 26.8 Å². The van der Waals surface area contributed by atoms with E-state index in [1.54, 1.807) is 27.0 Å². The van der Waals surface area contributed by atoms with Crippen LogP contribution >= 0.6 is 0 Å². The van der Waals surface area contributed by atoms with Crippen LogP contribution in [0.15, 0.2) is 53.4 Å². The van der Waals surface area contributed by atoms with E-state index >= 15 is 0 Å². The molecule has 1 heterocycles. The van der Waals surface area contributed by atoms with E-state index in [-0.39, 0.29) is 35.9 Å². The second-order valence-corrected chi connectivity index (χ2v) is 11.3. The second-order valence-electron chi connectivity index (χ2n) is 9.37. The summed E-state index contributed by atoms with van der Waals surface area (Å²) in [5, 5.41) is 11.8. The lowest BCUT2D eigenvalue weighted by molar-refractivity contribution is -0.131. The van der Waals surface area contributed by atoms with E-state index in [1.807, 2.05) is 24.3 Å². The highest BCUT2D eigenvalue weighted by atomic mass is 32.2. The summed E-state index contributed by atoms with van der Waals surface area (Å²) < 4.78 is 52.9. The Kier molecular flexibility index (Phi) is 8.93. The summed E-state index contributed by atoms with van der Waals surface area (Å²) in [5.74, 6) is 0.976. The van der Waals surface area contributed by atoms with E-state index in [0.717, 1.165) is 4.31 Å². The number of carbonyl (C=O) groups excluding carboxylic acids is 1. The fraction of sp³-hybridized carbons (Fsp3) is 0.462. The number of hydrogen-bond acceptors (Lipinski definition) is 6. The van der Waals surface area contributed by atoms with Crippen molar-refractivity contribution in [3.8, 4) is 17.6 Å². The fourth-order valence-corrected chi connectivity index (χ4v) is 5.55. The maximum absolute atomic E-state index is 15.0. The predicted molar refractivity (Wildman–Crippen MR) is 133 cm³/mol. The number of hydrogen-bond donors (Lipinski definition) is 1. The lowest BCUT2D eigenvalue weighted by atomic mass is 9.86. The van der Waals surface area contributed by atoms with Gasteiger partial charge >= 0.3 is 0 Å². The van der Waals surface area contributed by atoms with Crippen molar-refractivity contribution in [1.29, 1.82) is 5.26 Å². The molecule has 1 fully saturated rings. The monoisotopic (exact) mass is 517 g/mol. The Bertz CT molecular complexity index is 1210. The van der Waals surface area contributed by atoms with Crippen molar-refractivity contribution in [1.82, 2.24) is 9.62 Å². The number of rotatable bonds is 10. The molecule has 10 heteroatoms. The van der Waals surface area contributed by atoms with Crippen LogP contribution in [0.3, 0.4) is 0 Å². The molecule has 2 aromatic carbocycles. The molecule has 0 aliphatic carbocycles. The van der Waals surface area contributed by atoms with Crippen LogP contribution in [-0.4, -0.2) is 57.6 Å². The van der Waals surface area contributed by atoms with Gasteiger partial charge in [0, 0.05) is 18.5 Å². The van der Waals surface area contributed by atoms with E-state index in [0.29, 0.717) is 30.9 Å². The van der Waals surface area contributed by atoms with Gasteiger partial charge in [0.25, 0.3) is 0 Å². The first kappa shape index (κ1) is 27.4. The van der Waals surface area contributed by atoms with E-state index in [4.69, 9.17) is 14.7 Å². The minimum atomic E-state index is -3.94. The minimum Gasteiger partial charge on any atom is -0.493 e. The van der Waals surface area contributed by atoms with Gasteiger partial charge in [-0.3, -0.25) is 4.79 Å². The molecule has 0 bridgehead atoms. The van der Waals surface area contributed by atoms with Crippen LogP contribution in [0.25, 0.3) is 0 Å². The Morgan fingerprint density at radius 2 is 1.94 bits per heavy atom. The fourth-order valence-electron chi connectivity index (χ4n) is 4.04. The number of amides is 1. The summed E-state index contributed by atoms with van der Waals surface area (Å²) in [6.45, 7) is 3.68. The Balaban J connectivity index is 1.51. The van der Waals surface area contributed by atoms with E-state index in [1.165, 1.54) is 24.3 Å². The zero-order chi connectivity index (χ0) is 26.3. The average molecular weight is 518 g/mol. The van der Waals surface area contributed by atoms with Gasteiger partial charge < -0.3 is 14.8 Å². The van der Waals surface area contributed by atoms with E-state index in [9.17, 15) is 17.6 Å². The van der Waals surface area contributed by atoms with Gasteiger partial charge in [0.2, 0.25) is 15.9 Å². The number of sulfonamides is 1. The summed E-state index contributed by atoms with van der Waals surface area (Å²) in [6, 6.07) is 14.1. The summed E-state index contributed by atoms with van der Waals surface area (Å²) in [5.41, 5.74) is -0.546. The molecule has 194 valence electrons. The number of para-hydroxylation sites is 2. The molecule has 0 radical (unpaired) electrons. The second kappa shape index (κ2) is 11.7. The quantitative estimate of drug-likeness (QED) is 0.482. The molecule has 8 nitrogen and oxygen atoms in total. The summed E-state index contributed by atoms with van der Waals surface area (Å²) in [4.78, 5) is 12.9. The van der Waals surface area contributed by atoms with Crippen LogP contribution in [0.1, 0.15) is 38.7 Å². The molecule has 2 aromatic rings. The molecule has 1 saturated heterocycles. The van der Waals surface area contributed by atoms with Gasteiger partial charge in [-0.25, -0.2) is 12.8 Å². The standard InChI is InChI=1S/C26H32FN3O5S/c1-26(2,13-7-15-35-24-11-5-4-10-23(24)34-3)25(31)29-22-12-14-30(18-21(22)27)36(32,33)20-9-6-8-19(16-20)17-28/h4-6,8-11,16,21-22H,7,12-15,18H2,1-3H3,(H,29,31)/t21-,22-/m0/s1. The number of piperidine rings is 1. The SMILES string of the molecule is COc1ccccc1OCCCC(C)(C)C(=O)N[C@H]1CCN(S(=O)(=O)c2cccc(C#N)c2)C[C@@H]1F. The van der Waals surface area contributed by atoms with E-state index in [2.05, 4.69) is 5.32 Å². The Morgan fingerprint density at radius 3 is 2.61 bits per heavy atom. The molecular weight excluding hydrogens is 485 g/mol. The number of nitriles is 1. The molecule has 0 saturated carbocycles. The number of halogens is 1. The Hall–Kier alpha value is -3.16. The number of nitrogens with one attached hydrogen (secondary N) is 1. The summed E-state index contributed by atoms with van der Waals surface area (Å²) in [6.07, 6.45) is -0.276. The molecule has 3 rings (SSSR count). The van der Waals surface area contributed by atoms with Crippen LogP contribution in [0.2, 0.25) is 0 Å². The van der Waals surface area contributed by atoms with Gasteiger partial charge in [0.05, 0.1) is 36.3 Å². The Labute approximate surface area is 212 Å². The molecule has 0 unspecified atom stereocenters. The highest BCUT2D eigenvalue weighted by Gasteiger charge is 2.38. The molecule has 0 aromatic heterocycles. The van der Waals surface area contributed by atoms with Gasteiger partial charge in [0.15, 0.2) is 11.5 Å². The van der Waals surface area contributed by atoms with Crippen molar-refractivity contribution < 1.29 is 27.1 Å². The molecule has 1 amide bonds. The first-order chi connectivity index (χ1) is 17.1. The minimum absolute atomic E-state index is 0.0484. The zero-order valence-electron chi connectivity index (χ0n) is 20.7. The van der Waals surface area contributed by atoms with Gasteiger partial charge in [-0.2, -0.15) is 9.57 Å². The molecule has 36 heavy (non-hydrogen) atoms. The number of carbonyl (C=O) groups is 1. The maximum Gasteiger partial charge on any atom is 0.243 e. The van der Waals surface area contributed by atoms with Crippen LogP contribution in [0.4, 0.5) is 4.39 Å². The third-order valence-electron chi connectivity index (χ3n) is 6.31. The van der Waals surface area contributed by atoms with E-state index < -0.39 is 27.7 Å². The highest BCUT2D eigenvalue weighted by molar-refractivity contribution is 7.89. The zero-order valence-corrected chi connectivity index (χ0v) is 21.6. The third-order valence-corrected chi connectivity index (χ3v) is 8.17. The first-order valence-electron chi connectivity index (χ1n) is 11.8. The lowest BCUT2D eigenvalue weighted by Crippen LogP contribution is -2.55. The summed E-state index contributed by atoms with van der Waals surface area (Å²) >= 11 is 0. The number of alkyl halides is 1. The maximum atomic E-state index is 15.0. The van der Waals surface area contributed by atoms with Crippen LogP contribution in [-0.2, 0) is 14.8 Å². The highest BCUT2D eigenvalue weighted by Crippen LogP contribution is 2.28. The number of benzene rings is 2. The number of ether oxygens (including phenoxy) is 2. The van der Waals surface area contributed by atoms with Crippen LogP contribution in [0.5, 0.6) is 11.5 Å². The van der Waals surface area contributed by atoms with Gasteiger partial charge in [-0.05, 0) is 49.6 Å². The number of nitrogens with zero attached hydrogens (tertiary/aromatic N) is 2. The Morgan fingerprint density at radius 1 is 1.22 bits per heavy atom. The smallest absolute Gasteiger partial charge is 0.243 e. The molecular formula is C26H32FN3O5S. The molecule has 1 aliphatic heterocycles. The van der Waals surface area contributed by atoms with Crippen LogP contribution < -0.4 is 14.8 Å². The van der Waals surface area contributed by atoms with Crippen LogP contribution in [0, 0.1) is 16.7 Å². The average Bonchev–Trinajstić information content (AvgIpc) is 2.87. The van der Waals surface area contributed by atoms with Crippen molar-refractivity contribution >= 4 is 15.9 Å². The van der Waals surface area contributed by atoms with Crippen molar-refractivity contribution in [2.24, 2.45) is 5.41 Å². The predicted octanol–water partition coefficient (Wildman–Crippen LogP) is 3.67. The molecule has 1 aliphatic rings. The van der Waals surface area contributed by atoms with Gasteiger partial charge in [-0.15, -0.1) is 0 Å². The normalized spacial score (nSPS) is 18.8. The topological polar surface area (TPSA) is 109 Å². The third kappa shape index (κ3) is 6.53. The molecule has 2 atom stereocenters. The molecule has 1 N–H and O–H groups in total. The molecule has 0 spiro atoms. The largest absolute Gasteiger partial charge is 0.493 e.